The van der Waals surface area contributed by atoms with Gasteiger partial charge in [0.1, 0.15) is 0 Å². The van der Waals surface area contributed by atoms with Gasteiger partial charge in [-0.05, 0) is 0 Å². The van der Waals surface area contributed by atoms with Gasteiger partial charge in [-0.1, -0.05) is 10.8 Å². The molecular formula is C3H5N3S2. The molecule has 3 nitrogen and oxygen atoms in total. The number of hydrogen-bond acceptors (Lipinski definition) is 4. The molecule has 5 heteroatoms. The first-order valence-corrected chi connectivity index (χ1v) is 4.08. The maximum atomic E-state index is 3.94. The molecule has 0 radical (unpaired) electrons. The Bertz CT molecular complexity index is 138. The third-order valence-corrected chi connectivity index (χ3v) is 1.49. The van der Waals surface area contributed by atoms with Crippen LogP contribution in [0, 0.1) is 0 Å². The summed E-state index contributed by atoms with van der Waals surface area (Å²) in [5.74, 6) is 0.805. The Hall–Kier alpha value is -0.160. The average Bonchev–Trinajstić information content (AvgIpc) is 2.19. The van der Waals surface area contributed by atoms with Crippen molar-refractivity contribution in [3.63, 3.8) is 0 Å². The van der Waals surface area contributed by atoms with Gasteiger partial charge in [0.05, 0.1) is 11.9 Å². The Morgan fingerprint density at radius 3 is 3.25 bits per heavy atom. The highest BCUT2D eigenvalue weighted by atomic mass is 33.1. The van der Waals surface area contributed by atoms with Crippen LogP contribution < -0.4 is 0 Å². The number of H-pyrrole nitrogens is 1. The van der Waals surface area contributed by atoms with E-state index in [1.165, 1.54) is 10.8 Å². The van der Waals surface area contributed by atoms with E-state index in [9.17, 15) is 0 Å². The van der Waals surface area contributed by atoms with Crippen molar-refractivity contribution in [3.8, 4) is 0 Å². The molecule has 0 fully saturated rings. The molecule has 0 spiro atoms. The Balaban J connectivity index is 2.50. The summed E-state index contributed by atoms with van der Waals surface area (Å²) < 4.78 is 0. The van der Waals surface area contributed by atoms with Gasteiger partial charge >= 0.3 is 0 Å². The van der Waals surface area contributed by atoms with Crippen LogP contribution in [0.3, 0.4) is 0 Å². The quantitative estimate of drug-likeness (QED) is 0.482. The number of thiol groups is 1. The zero-order valence-electron chi connectivity index (χ0n) is 4.03. The van der Waals surface area contributed by atoms with Gasteiger partial charge in [0.25, 0.3) is 0 Å². The van der Waals surface area contributed by atoms with E-state index >= 15 is 0 Å². The summed E-state index contributed by atoms with van der Waals surface area (Å²) in [6.45, 7) is 0. The molecule has 0 atom stereocenters. The van der Waals surface area contributed by atoms with Crippen LogP contribution in [-0.2, 0) is 5.75 Å². The van der Waals surface area contributed by atoms with Crippen LogP contribution in [0.25, 0.3) is 0 Å². The second kappa shape index (κ2) is 2.99. The van der Waals surface area contributed by atoms with Crippen LogP contribution in [0.5, 0.6) is 0 Å². The highest BCUT2D eigenvalue weighted by molar-refractivity contribution is 8.68. The molecule has 0 aromatic carbocycles. The fraction of sp³-hybridized carbons (Fsp3) is 0.333. The summed E-state index contributed by atoms with van der Waals surface area (Å²) in [6, 6.07) is 0. The van der Waals surface area contributed by atoms with Gasteiger partial charge in [-0.15, -0.1) is 11.7 Å². The Kier molecular flexibility index (Phi) is 2.23. The van der Waals surface area contributed by atoms with Gasteiger partial charge in [0.15, 0.2) is 0 Å². The lowest BCUT2D eigenvalue weighted by atomic mass is 10.6. The number of nitrogens with one attached hydrogen (secondary N) is 1. The Morgan fingerprint density at radius 2 is 2.75 bits per heavy atom. The molecule has 0 aliphatic carbocycles. The normalized spacial score (nSPS) is 9.62. The van der Waals surface area contributed by atoms with Gasteiger partial charge in [-0.25, -0.2) is 0 Å². The van der Waals surface area contributed by atoms with Crippen molar-refractivity contribution in [1.29, 1.82) is 0 Å². The lowest BCUT2D eigenvalue weighted by Crippen LogP contribution is -1.75. The average molecular weight is 147 g/mol. The van der Waals surface area contributed by atoms with Crippen molar-refractivity contribution in [2.24, 2.45) is 0 Å². The minimum Gasteiger partial charge on any atom is -0.198 e. The SMILES string of the molecule is SSCc1cn[nH]n1. The Morgan fingerprint density at radius 1 is 1.88 bits per heavy atom. The van der Waals surface area contributed by atoms with E-state index in [1.54, 1.807) is 6.20 Å². The standard InChI is InChI=1S/C3H5N3S2/c7-8-2-3-1-4-6-5-3/h1,7H,2H2,(H,4,5,6). The summed E-state index contributed by atoms with van der Waals surface area (Å²) in [4.78, 5) is 0. The molecule has 1 rings (SSSR count). The molecule has 1 heterocycles. The first-order chi connectivity index (χ1) is 3.93. The van der Waals surface area contributed by atoms with E-state index in [1.807, 2.05) is 0 Å². The second-order valence-corrected chi connectivity index (χ2v) is 2.56. The Labute approximate surface area is 56.1 Å². The van der Waals surface area contributed by atoms with E-state index in [0.29, 0.717) is 0 Å². The summed E-state index contributed by atoms with van der Waals surface area (Å²) in [6.07, 6.45) is 1.68. The first kappa shape index (κ1) is 5.97. The lowest BCUT2D eigenvalue weighted by Gasteiger charge is -1.82. The van der Waals surface area contributed by atoms with Crippen LogP contribution in [0.1, 0.15) is 5.69 Å². The van der Waals surface area contributed by atoms with Gasteiger partial charge < -0.3 is 0 Å². The molecule has 1 aromatic heterocycles. The van der Waals surface area contributed by atoms with Crippen molar-refractivity contribution in [1.82, 2.24) is 15.4 Å². The molecule has 0 saturated heterocycles. The van der Waals surface area contributed by atoms with E-state index in [-0.39, 0.29) is 0 Å². The van der Waals surface area contributed by atoms with Crippen LogP contribution >= 0.6 is 22.5 Å². The third-order valence-electron chi connectivity index (χ3n) is 0.677. The molecule has 0 unspecified atom stereocenters. The third kappa shape index (κ3) is 1.41. The maximum absolute atomic E-state index is 3.94. The molecule has 1 N–H and O–H groups in total. The van der Waals surface area contributed by atoms with Crippen LogP contribution in [0.2, 0.25) is 0 Å². The van der Waals surface area contributed by atoms with Gasteiger partial charge in [0, 0.05) is 5.75 Å². The van der Waals surface area contributed by atoms with Crippen molar-refractivity contribution in [3.05, 3.63) is 11.9 Å². The van der Waals surface area contributed by atoms with E-state index in [4.69, 9.17) is 0 Å². The van der Waals surface area contributed by atoms with Crippen molar-refractivity contribution < 1.29 is 0 Å². The molecule has 0 aliphatic heterocycles. The molecule has 0 aliphatic rings. The minimum absolute atomic E-state index is 0.805. The van der Waals surface area contributed by atoms with Crippen molar-refractivity contribution >= 4 is 22.5 Å². The zero-order valence-corrected chi connectivity index (χ0v) is 5.75. The van der Waals surface area contributed by atoms with E-state index in [2.05, 4.69) is 27.1 Å². The molecular weight excluding hydrogens is 142 g/mol. The number of aromatic nitrogens is 3. The molecule has 0 bridgehead atoms. The number of nitrogens with zero attached hydrogens (tertiary/aromatic N) is 2. The summed E-state index contributed by atoms with van der Waals surface area (Å²) >= 11 is 3.94. The monoisotopic (exact) mass is 147 g/mol. The second-order valence-electron chi connectivity index (χ2n) is 1.23. The lowest BCUT2D eigenvalue weighted by molar-refractivity contribution is 0.926. The molecule has 1 aromatic rings. The van der Waals surface area contributed by atoms with Crippen LogP contribution in [-0.4, -0.2) is 15.4 Å². The number of rotatable bonds is 2. The van der Waals surface area contributed by atoms with Crippen molar-refractivity contribution in [2.75, 3.05) is 0 Å². The first-order valence-electron chi connectivity index (χ1n) is 2.04. The highest BCUT2D eigenvalue weighted by Gasteiger charge is 1.90. The summed E-state index contributed by atoms with van der Waals surface area (Å²) in [7, 11) is 1.43. The summed E-state index contributed by atoms with van der Waals surface area (Å²) in [5.41, 5.74) is 0.935. The largest absolute Gasteiger partial charge is 0.198 e. The number of hydrogen-bond donors (Lipinski definition) is 2. The van der Waals surface area contributed by atoms with Gasteiger partial charge in [-0.2, -0.15) is 15.4 Å². The molecule has 0 saturated carbocycles. The van der Waals surface area contributed by atoms with Crippen LogP contribution in [0.4, 0.5) is 0 Å². The predicted molar refractivity (Wildman–Crippen MR) is 36.7 cm³/mol. The zero-order chi connectivity index (χ0) is 5.82. The topological polar surface area (TPSA) is 41.6 Å². The molecule has 0 amide bonds. The van der Waals surface area contributed by atoms with Crippen LogP contribution in [0.15, 0.2) is 6.20 Å². The smallest absolute Gasteiger partial charge is 0.0932 e. The highest BCUT2D eigenvalue weighted by Crippen LogP contribution is 2.10. The predicted octanol–water partition coefficient (Wildman–Crippen LogP) is 0.883. The molecule has 44 valence electrons. The summed E-state index contributed by atoms with van der Waals surface area (Å²) in [5, 5.41) is 9.92. The van der Waals surface area contributed by atoms with E-state index in [0.717, 1.165) is 11.4 Å². The molecule has 8 heavy (non-hydrogen) atoms. The fourth-order valence-electron chi connectivity index (χ4n) is 0.361. The maximum Gasteiger partial charge on any atom is 0.0932 e. The van der Waals surface area contributed by atoms with E-state index < -0.39 is 0 Å². The van der Waals surface area contributed by atoms with Crippen molar-refractivity contribution in [2.45, 2.75) is 5.75 Å². The minimum atomic E-state index is 0.805. The number of aromatic amines is 1. The fourth-order valence-corrected chi connectivity index (χ4v) is 1.03. The van der Waals surface area contributed by atoms with Gasteiger partial charge in [-0.3, -0.25) is 0 Å². The van der Waals surface area contributed by atoms with Gasteiger partial charge in [0.2, 0.25) is 0 Å².